The van der Waals surface area contributed by atoms with Gasteiger partial charge in [-0.25, -0.2) is 4.68 Å². The maximum Gasteiger partial charge on any atom is 0.198 e. The zero-order valence-electron chi connectivity index (χ0n) is 14.9. The molecule has 0 spiro atoms. The second kappa shape index (κ2) is 7.22. The van der Waals surface area contributed by atoms with Crippen molar-refractivity contribution >= 4 is 23.2 Å². The number of rotatable bonds is 5. The van der Waals surface area contributed by atoms with E-state index in [2.05, 4.69) is 36.3 Å². The number of hydrogen-bond donors (Lipinski definition) is 0. The standard InChI is InChI=1S/C21H18N4OS/c1-15-8-9-18-17(12-15)13-19(26-18)20-23-25(11-5-10-22)21(27)24(20)14-16-6-3-2-4-7-16/h2-4,6-9,12-13H,5,11,14H2,1H3. The second-order valence-corrected chi connectivity index (χ2v) is 6.83. The van der Waals surface area contributed by atoms with E-state index in [4.69, 9.17) is 21.9 Å². The van der Waals surface area contributed by atoms with Crippen LogP contribution in [0.2, 0.25) is 0 Å². The lowest BCUT2D eigenvalue weighted by atomic mass is 10.2. The quantitative estimate of drug-likeness (QED) is 0.456. The molecule has 0 fully saturated rings. The van der Waals surface area contributed by atoms with Gasteiger partial charge in [-0.15, -0.1) is 5.10 Å². The van der Waals surface area contributed by atoms with Crippen molar-refractivity contribution in [3.8, 4) is 17.7 Å². The van der Waals surface area contributed by atoms with Crippen molar-refractivity contribution in [2.45, 2.75) is 26.4 Å². The molecule has 2 aromatic carbocycles. The third-order valence-corrected chi connectivity index (χ3v) is 4.87. The first-order valence-corrected chi connectivity index (χ1v) is 9.15. The minimum Gasteiger partial charge on any atom is -0.453 e. The molecular weight excluding hydrogens is 356 g/mol. The van der Waals surface area contributed by atoms with E-state index >= 15 is 0 Å². The summed E-state index contributed by atoms with van der Waals surface area (Å²) < 4.78 is 10.3. The zero-order valence-corrected chi connectivity index (χ0v) is 15.7. The van der Waals surface area contributed by atoms with Crippen LogP contribution >= 0.6 is 12.2 Å². The van der Waals surface area contributed by atoms with Gasteiger partial charge in [0.2, 0.25) is 0 Å². The number of benzene rings is 2. The van der Waals surface area contributed by atoms with Gasteiger partial charge in [-0.1, -0.05) is 42.0 Å². The molecule has 5 nitrogen and oxygen atoms in total. The van der Waals surface area contributed by atoms with Crippen LogP contribution in [-0.2, 0) is 13.1 Å². The average Bonchev–Trinajstić information content (AvgIpc) is 3.22. The van der Waals surface area contributed by atoms with Crippen molar-refractivity contribution in [2.24, 2.45) is 0 Å². The fraction of sp³-hybridized carbons (Fsp3) is 0.190. The van der Waals surface area contributed by atoms with Crippen molar-refractivity contribution in [3.63, 3.8) is 0 Å². The van der Waals surface area contributed by atoms with Gasteiger partial charge in [-0.2, -0.15) is 5.26 Å². The van der Waals surface area contributed by atoms with E-state index in [1.54, 1.807) is 4.68 Å². The van der Waals surface area contributed by atoms with Crippen LogP contribution in [0.3, 0.4) is 0 Å². The Labute approximate surface area is 162 Å². The lowest BCUT2D eigenvalue weighted by Gasteiger charge is -2.05. The molecule has 0 aliphatic carbocycles. The van der Waals surface area contributed by atoms with Gasteiger partial charge in [-0.3, -0.25) is 4.57 Å². The highest BCUT2D eigenvalue weighted by molar-refractivity contribution is 7.71. The van der Waals surface area contributed by atoms with Gasteiger partial charge in [0.1, 0.15) is 5.58 Å². The molecule has 6 heteroatoms. The molecule has 0 aliphatic heterocycles. The highest BCUT2D eigenvalue weighted by Crippen LogP contribution is 2.28. The Kier molecular flexibility index (Phi) is 4.61. The molecule has 0 unspecified atom stereocenters. The van der Waals surface area contributed by atoms with Gasteiger partial charge in [-0.05, 0) is 42.9 Å². The lowest BCUT2D eigenvalue weighted by molar-refractivity contribution is 0.603. The molecule has 4 aromatic rings. The normalized spacial score (nSPS) is 11.0. The summed E-state index contributed by atoms with van der Waals surface area (Å²) >= 11 is 5.64. The Morgan fingerprint density at radius 2 is 1.96 bits per heavy atom. The third-order valence-electron chi connectivity index (χ3n) is 4.43. The predicted molar refractivity (Wildman–Crippen MR) is 107 cm³/mol. The number of fused-ring (bicyclic) bond motifs is 1. The van der Waals surface area contributed by atoms with Crippen molar-refractivity contribution in [2.75, 3.05) is 0 Å². The number of nitriles is 1. The summed E-state index contributed by atoms with van der Waals surface area (Å²) in [6, 6.07) is 20.3. The fourth-order valence-corrected chi connectivity index (χ4v) is 3.39. The van der Waals surface area contributed by atoms with Crippen molar-refractivity contribution in [3.05, 3.63) is 70.5 Å². The maximum absolute atomic E-state index is 8.92. The van der Waals surface area contributed by atoms with E-state index in [0.717, 1.165) is 16.5 Å². The Morgan fingerprint density at radius 3 is 2.74 bits per heavy atom. The number of aryl methyl sites for hydroxylation is 2. The number of furan rings is 1. The fourth-order valence-electron chi connectivity index (χ4n) is 3.11. The molecule has 2 aromatic heterocycles. The van der Waals surface area contributed by atoms with Gasteiger partial charge < -0.3 is 4.42 Å². The lowest BCUT2D eigenvalue weighted by Crippen LogP contribution is -2.04. The third kappa shape index (κ3) is 3.42. The largest absolute Gasteiger partial charge is 0.453 e. The van der Waals surface area contributed by atoms with Crippen molar-refractivity contribution in [1.82, 2.24) is 14.3 Å². The molecule has 2 heterocycles. The molecule has 0 saturated heterocycles. The minimum atomic E-state index is 0.357. The Morgan fingerprint density at radius 1 is 1.15 bits per heavy atom. The van der Waals surface area contributed by atoms with E-state index in [9.17, 15) is 0 Å². The van der Waals surface area contributed by atoms with E-state index in [0.29, 0.717) is 35.9 Å². The summed E-state index contributed by atoms with van der Waals surface area (Å²) in [5.41, 5.74) is 3.12. The smallest absolute Gasteiger partial charge is 0.198 e. The summed E-state index contributed by atoms with van der Waals surface area (Å²) in [5.74, 6) is 1.35. The highest BCUT2D eigenvalue weighted by atomic mass is 32.1. The molecule has 0 radical (unpaired) electrons. The molecule has 0 N–H and O–H groups in total. The first-order chi connectivity index (χ1) is 13.2. The molecular formula is C21H18N4OS. The first kappa shape index (κ1) is 17.3. The molecule has 0 bridgehead atoms. The van der Waals surface area contributed by atoms with E-state index in [1.807, 2.05) is 41.0 Å². The Bertz CT molecular complexity index is 1190. The highest BCUT2D eigenvalue weighted by Gasteiger charge is 2.17. The maximum atomic E-state index is 8.92. The van der Waals surface area contributed by atoms with Crippen LogP contribution in [0, 0.1) is 23.0 Å². The van der Waals surface area contributed by atoms with E-state index in [1.165, 1.54) is 5.56 Å². The van der Waals surface area contributed by atoms with Crippen LogP contribution in [0.1, 0.15) is 17.5 Å². The van der Waals surface area contributed by atoms with Crippen LogP contribution in [0.5, 0.6) is 0 Å². The minimum absolute atomic E-state index is 0.357. The van der Waals surface area contributed by atoms with Gasteiger partial charge in [0.15, 0.2) is 16.4 Å². The topological polar surface area (TPSA) is 59.7 Å². The van der Waals surface area contributed by atoms with Gasteiger partial charge in [0.25, 0.3) is 0 Å². The Balaban J connectivity index is 1.84. The average molecular weight is 374 g/mol. The van der Waals surface area contributed by atoms with Gasteiger partial charge in [0, 0.05) is 5.39 Å². The summed E-state index contributed by atoms with van der Waals surface area (Å²) in [6.45, 7) is 3.11. The Hall–Kier alpha value is -3.17. The van der Waals surface area contributed by atoms with Crippen LogP contribution < -0.4 is 0 Å². The molecule has 134 valence electrons. The van der Waals surface area contributed by atoms with Crippen LogP contribution in [-0.4, -0.2) is 14.3 Å². The first-order valence-electron chi connectivity index (χ1n) is 8.75. The SMILES string of the molecule is Cc1ccc2oc(-c3nn(CCC#N)c(=S)n3Cc3ccccc3)cc2c1. The zero-order chi connectivity index (χ0) is 18.8. The summed E-state index contributed by atoms with van der Waals surface area (Å²) in [7, 11) is 0. The van der Waals surface area contributed by atoms with Crippen LogP contribution in [0.25, 0.3) is 22.6 Å². The van der Waals surface area contributed by atoms with Crippen LogP contribution in [0.15, 0.2) is 59.0 Å². The van der Waals surface area contributed by atoms with E-state index in [-0.39, 0.29) is 0 Å². The molecule has 0 atom stereocenters. The van der Waals surface area contributed by atoms with Gasteiger partial charge in [0.05, 0.1) is 25.6 Å². The van der Waals surface area contributed by atoms with Crippen molar-refractivity contribution < 1.29 is 4.42 Å². The van der Waals surface area contributed by atoms with Crippen molar-refractivity contribution in [1.29, 1.82) is 5.26 Å². The second-order valence-electron chi connectivity index (χ2n) is 6.46. The molecule has 0 saturated carbocycles. The van der Waals surface area contributed by atoms with Crippen LogP contribution in [0.4, 0.5) is 0 Å². The van der Waals surface area contributed by atoms with E-state index < -0.39 is 0 Å². The summed E-state index contributed by atoms with van der Waals surface area (Å²) in [5, 5.41) is 14.6. The number of hydrogen-bond acceptors (Lipinski definition) is 4. The van der Waals surface area contributed by atoms with Gasteiger partial charge >= 0.3 is 0 Å². The summed E-state index contributed by atoms with van der Waals surface area (Å²) in [6.07, 6.45) is 0.357. The monoisotopic (exact) mass is 374 g/mol. The molecule has 0 aliphatic rings. The number of nitrogens with zero attached hydrogens (tertiary/aromatic N) is 4. The molecule has 4 rings (SSSR count). The predicted octanol–water partition coefficient (Wildman–Crippen LogP) is 5.10. The number of aromatic nitrogens is 3. The molecule has 0 amide bonds. The summed E-state index contributed by atoms with van der Waals surface area (Å²) in [4.78, 5) is 0. The molecule has 27 heavy (non-hydrogen) atoms.